The number of benzene rings is 1. The van der Waals surface area contributed by atoms with Crippen LogP contribution in [0.2, 0.25) is 0 Å². The molecule has 0 radical (unpaired) electrons. The lowest BCUT2D eigenvalue weighted by molar-refractivity contribution is 0.354. The normalized spacial score (nSPS) is 11.1. The molecule has 1 rings (SSSR count). The number of nitrogens with zero attached hydrogens (tertiary/aromatic N) is 1. The first-order valence-corrected chi connectivity index (χ1v) is 6.71. The zero-order valence-electron chi connectivity index (χ0n) is 12.4. The van der Waals surface area contributed by atoms with Gasteiger partial charge in [0.15, 0.2) is 11.5 Å². The fourth-order valence-electron chi connectivity index (χ4n) is 1.69. The van der Waals surface area contributed by atoms with Gasteiger partial charge in [-0.1, -0.05) is 19.4 Å². The maximum Gasteiger partial charge on any atom is 0.206 e. The molecule has 0 aliphatic heterocycles. The average Bonchev–Trinajstić information content (AvgIpc) is 2.50. The SMILES string of the molecule is CCCCNC(=NCc1ccc(OC)c(OC)c1)NN. The van der Waals surface area contributed by atoms with Gasteiger partial charge in [-0.05, 0) is 24.1 Å². The average molecular weight is 280 g/mol. The van der Waals surface area contributed by atoms with Gasteiger partial charge in [-0.3, -0.25) is 5.43 Å². The van der Waals surface area contributed by atoms with Gasteiger partial charge < -0.3 is 14.8 Å². The summed E-state index contributed by atoms with van der Waals surface area (Å²) < 4.78 is 10.5. The fraction of sp³-hybridized carbons (Fsp3) is 0.500. The van der Waals surface area contributed by atoms with Crippen molar-refractivity contribution in [3.63, 3.8) is 0 Å². The topological polar surface area (TPSA) is 80.9 Å². The van der Waals surface area contributed by atoms with Crippen molar-refractivity contribution >= 4 is 5.96 Å². The molecule has 0 saturated heterocycles. The number of ether oxygens (including phenoxy) is 2. The van der Waals surface area contributed by atoms with E-state index in [1.165, 1.54) is 0 Å². The van der Waals surface area contributed by atoms with Gasteiger partial charge in [0.2, 0.25) is 5.96 Å². The molecule has 0 aliphatic rings. The molecule has 6 heteroatoms. The van der Waals surface area contributed by atoms with Gasteiger partial charge in [0.25, 0.3) is 0 Å². The summed E-state index contributed by atoms with van der Waals surface area (Å²) in [4.78, 5) is 4.39. The molecule has 0 bridgehead atoms. The first-order chi connectivity index (χ1) is 9.74. The lowest BCUT2D eigenvalue weighted by atomic mass is 10.2. The lowest BCUT2D eigenvalue weighted by Gasteiger charge is -2.10. The number of nitrogens with one attached hydrogen (secondary N) is 2. The minimum absolute atomic E-state index is 0.513. The Kier molecular flexibility index (Phi) is 7.27. The number of methoxy groups -OCH3 is 2. The van der Waals surface area contributed by atoms with Gasteiger partial charge in [0, 0.05) is 6.54 Å². The van der Waals surface area contributed by atoms with E-state index in [4.69, 9.17) is 15.3 Å². The molecule has 0 heterocycles. The molecule has 1 aromatic rings. The third-order valence-electron chi connectivity index (χ3n) is 2.83. The second-order valence-electron chi connectivity index (χ2n) is 4.28. The number of unbranched alkanes of at least 4 members (excludes halogenated alkanes) is 1. The summed E-state index contributed by atoms with van der Waals surface area (Å²) in [5.74, 6) is 7.43. The van der Waals surface area contributed by atoms with E-state index in [1.54, 1.807) is 14.2 Å². The van der Waals surface area contributed by atoms with Crippen LogP contribution in [0.5, 0.6) is 11.5 Å². The first-order valence-electron chi connectivity index (χ1n) is 6.71. The molecule has 0 aromatic heterocycles. The van der Waals surface area contributed by atoms with Crippen molar-refractivity contribution in [3.8, 4) is 11.5 Å². The summed E-state index contributed by atoms with van der Waals surface area (Å²) in [5.41, 5.74) is 3.59. The third-order valence-corrected chi connectivity index (χ3v) is 2.83. The predicted octanol–water partition coefficient (Wildman–Crippen LogP) is 1.41. The van der Waals surface area contributed by atoms with Crippen LogP contribution >= 0.6 is 0 Å². The van der Waals surface area contributed by atoms with Crippen molar-refractivity contribution in [2.45, 2.75) is 26.3 Å². The van der Waals surface area contributed by atoms with Gasteiger partial charge in [-0.2, -0.15) is 0 Å². The minimum Gasteiger partial charge on any atom is -0.493 e. The Hall–Kier alpha value is -1.95. The first kappa shape index (κ1) is 16.1. The fourth-order valence-corrected chi connectivity index (χ4v) is 1.69. The van der Waals surface area contributed by atoms with Crippen molar-refractivity contribution in [2.75, 3.05) is 20.8 Å². The molecule has 6 nitrogen and oxygen atoms in total. The van der Waals surface area contributed by atoms with Crippen molar-refractivity contribution in [2.24, 2.45) is 10.8 Å². The van der Waals surface area contributed by atoms with Gasteiger partial charge in [0.05, 0.1) is 20.8 Å². The molecule has 0 amide bonds. The standard InChI is InChI=1S/C14H24N4O2/c1-4-5-8-16-14(18-15)17-10-11-6-7-12(19-2)13(9-11)20-3/h6-7,9H,4-5,8,10,15H2,1-3H3,(H2,16,17,18). The Bertz CT molecular complexity index is 435. The number of rotatable bonds is 7. The zero-order chi connectivity index (χ0) is 14.8. The molecule has 0 atom stereocenters. The summed E-state index contributed by atoms with van der Waals surface area (Å²) in [5, 5.41) is 3.15. The maximum absolute atomic E-state index is 5.43. The van der Waals surface area contributed by atoms with E-state index >= 15 is 0 Å². The Labute approximate surface area is 120 Å². The molecule has 20 heavy (non-hydrogen) atoms. The Morgan fingerprint density at radius 3 is 2.60 bits per heavy atom. The Morgan fingerprint density at radius 2 is 2.00 bits per heavy atom. The molecular weight excluding hydrogens is 256 g/mol. The van der Waals surface area contributed by atoms with Crippen LogP contribution in [-0.4, -0.2) is 26.7 Å². The Balaban J connectivity index is 2.66. The van der Waals surface area contributed by atoms with Crippen LogP contribution in [0.3, 0.4) is 0 Å². The van der Waals surface area contributed by atoms with Gasteiger partial charge in [-0.15, -0.1) is 0 Å². The van der Waals surface area contributed by atoms with Crippen molar-refractivity contribution in [1.29, 1.82) is 0 Å². The highest BCUT2D eigenvalue weighted by atomic mass is 16.5. The van der Waals surface area contributed by atoms with Crippen LogP contribution in [0.25, 0.3) is 0 Å². The molecule has 0 aliphatic carbocycles. The number of hydrogen-bond acceptors (Lipinski definition) is 4. The molecule has 1 aromatic carbocycles. The van der Waals surface area contributed by atoms with Crippen LogP contribution in [-0.2, 0) is 6.54 Å². The molecule has 0 unspecified atom stereocenters. The number of nitrogens with two attached hydrogens (primary N) is 1. The molecule has 112 valence electrons. The van der Waals surface area contributed by atoms with E-state index in [9.17, 15) is 0 Å². The molecule has 4 N–H and O–H groups in total. The summed E-state index contributed by atoms with van der Waals surface area (Å²) >= 11 is 0. The smallest absolute Gasteiger partial charge is 0.206 e. The van der Waals surface area contributed by atoms with Crippen LogP contribution in [0.1, 0.15) is 25.3 Å². The summed E-state index contributed by atoms with van der Waals surface area (Å²) in [6.45, 7) is 3.50. The molecule has 0 saturated carbocycles. The van der Waals surface area contributed by atoms with Crippen LogP contribution in [0.4, 0.5) is 0 Å². The van der Waals surface area contributed by atoms with Crippen LogP contribution < -0.4 is 26.1 Å². The van der Waals surface area contributed by atoms with Crippen molar-refractivity contribution in [3.05, 3.63) is 23.8 Å². The Morgan fingerprint density at radius 1 is 1.25 bits per heavy atom. The van der Waals surface area contributed by atoms with Crippen LogP contribution in [0.15, 0.2) is 23.2 Å². The van der Waals surface area contributed by atoms with Crippen molar-refractivity contribution < 1.29 is 9.47 Å². The van der Waals surface area contributed by atoms with Crippen LogP contribution in [0, 0.1) is 0 Å². The summed E-state index contributed by atoms with van der Waals surface area (Å²) in [6, 6.07) is 5.72. The highest BCUT2D eigenvalue weighted by molar-refractivity contribution is 5.79. The predicted molar refractivity (Wildman–Crippen MR) is 80.9 cm³/mol. The second-order valence-corrected chi connectivity index (χ2v) is 4.28. The van der Waals surface area contributed by atoms with E-state index in [2.05, 4.69) is 22.7 Å². The minimum atomic E-state index is 0.513. The van der Waals surface area contributed by atoms with E-state index in [0.29, 0.717) is 24.0 Å². The van der Waals surface area contributed by atoms with E-state index in [0.717, 1.165) is 24.9 Å². The number of aliphatic imine (C=N–C) groups is 1. The molecule has 0 fully saturated rings. The summed E-state index contributed by atoms with van der Waals surface area (Å²) in [7, 11) is 3.23. The number of guanidine groups is 1. The zero-order valence-corrected chi connectivity index (χ0v) is 12.4. The lowest BCUT2D eigenvalue weighted by Crippen LogP contribution is -2.41. The molecular formula is C14H24N4O2. The third kappa shape index (κ3) is 4.97. The summed E-state index contributed by atoms with van der Waals surface area (Å²) in [6.07, 6.45) is 2.21. The monoisotopic (exact) mass is 280 g/mol. The number of hydrazine groups is 1. The highest BCUT2D eigenvalue weighted by Crippen LogP contribution is 2.27. The highest BCUT2D eigenvalue weighted by Gasteiger charge is 2.04. The van der Waals surface area contributed by atoms with E-state index < -0.39 is 0 Å². The van der Waals surface area contributed by atoms with Gasteiger partial charge in [0.1, 0.15) is 0 Å². The number of hydrogen-bond donors (Lipinski definition) is 3. The van der Waals surface area contributed by atoms with Gasteiger partial charge in [-0.25, -0.2) is 10.8 Å². The van der Waals surface area contributed by atoms with E-state index in [-0.39, 0.29) is 0 Å². The van der Waals surface area contributed by atoms with Gasteiger partial charge >= 0.3 is 0 Å². The largest absolute Gasteiger partial charge is 0.493 e. The molecule has 0 spiro atoms. The second kappa shape index (κ2) is 9.03. The quantitative estimate of drug-likeness (QED) is 0.231. The maximum atomic E-state index is 5.43. The van der Waals surface area contributed by atoms with E-state index in [1.807, 2.05) is 18.2 Å². The van der Waals surface area contributed by atoms with Crippen molar-refractivity contribution in [1.82, 2.24) is 10.7 Å².